The van der Waals surface area contributed by atoms with Crippen molar-refractivity contribution < 1.29 is 0 Å². The maximum Gasteiger partial charge on any atom is 0.159 e. The highest BCUT2D eigenvalue weighted by Gasteiger charge is 2.21. The standard InChI is InChI=1S/C18H20BrN7/c1-13-10-15(19)12-20-18(13)25-8-6-24(7-9-25)16-11-17(23-14(2)22-16)26-5-3-4-21-26/h3-5,10-12H,6-9H2,1-2H3. The third-order valence-electron chi connectivity index (χ3n) is 4.47. The van der Waals surface area contributed by atoms with Gasteiger partial charge in [-0.25, -0.2) is 19.6 Å². The van der Waals surface area contributed by atoms with Gasteiger partial charge in [-0.2, -0.15) is 5.10 Å². The van der Waals surface area contributed by atoms with Gasteiger partial charge in [0.1, 0.15) is 17.5 Å². The second kappa shape index (κ2) is 7.03. The summed E-state index contributed by atoms with van der Waals surface area (Å²) >= 11 is 3.48. The first-order chi connectivity index (χ1) is 12.6. The summed E-state index contributed by atoms with van der Waals surface area (Å²) in [6, 6.07) is 6.00. The van der Waals surface area contributed by atoms with Gasteiger partial charge in [0, 0.05) is 55.3 Å². The molecule has 1 aliphatic heterocycles. The number of hydrogen-bond donors (Lipinski definition) is 0. The molecule has 1 saturated heterocycles. The molecule has 0 amide bonds. The number of rotatable bonds is 3. The average Bonchev–Trinajstić information content (AvgIpc) is 3.16. The first-order valence-electron chi connectivity index (χ1n) is 8.58. The van der Waals surface area contributed by atoms with Crippen LogP contribution in [0.15, 0.2) is 41.3 Å². The molecule has 1 aliphatic rings. The quantitative estimate of drug-likeness (QED) is 0.657. The fourth-order valence-corrected chi connectivity index (χ4v) is 3.68. The third kappa shape index (κ3) is 3.41. The lowest BCUT2D eigenvalue weighted by Crippen LogP contribution is -2.47. The zero-order chi connectivity index (χ0) is 18.1. The predicted molar refractivity (Wildman–Crippen MR) is 105 cm³/mol. The Labute approximate surface area is 160 Å². The van der Waals surface area contributed by atoms with E-state index in [1.54, 1.807) is 10.9 Å². The Balaban J connectivity index is 1.51. The van der Waals surface area contributed by atoms with Crippen molar-refractivity contribution in [2.75, 3.05) is 36.0 Å². The first-order valence-corrected chi connectivity index (χ1v) is 9.37. The van der Waals surface area contributed by atoms with Gasteiger partial charge in [0.25, 0.3) is 0 Å². The summed E-state index contributed by atoms with van der Waals surface area (Å²) < 4.78 is 2.78. The Kier molecular flexibility index (Phi) is 4.58. The zero-order valence-corrected chi connectivity index (χ0v) is 16.4. The molecule has 0 N–H and O–H groups in total. The summed E-state index contributed by atoms with van der Waals surface area (Å²) in [6.07, 6.45) is 5.51. The van der Waals surface area contributed by atoms with E-state index >= 15 is 0 Å². The molecule has 0 saturated carbocycles. The Morgan fingerprint density at radius 2 is 1.69 bits per heavy atom. The number of pyridine rings is 1. The summed E-state index contributed by atoms with van der Waals surface area (Å²) in [7, 11) is 0. The highest BCUT2D eigenvalue weighted by Crippen LogP contribution is 2.23. The molecule has 3 aromatic rings. The van der Waals surface area contributed by atoms with Crippen molar-refractivity contribution in [3.8, 4) is 5.82 Å². The van der Waals surface area contributed by atoms with Crippen molar-refractivity contribution in [1.82, 2.24) is 24.7 Å². The maximum atomic E-state index is 4.63. The van der Waals surface area contributed by atoms with Crippen molar-refractivity contribution in [2.24, 2.45) is 0 Å². The van der Waals surface area contributed by atoms with Gasteiger partial charge in [-0.05, 0) is 47.5 Å². The molecule has 1 fully saturated rings. The summed E-state index contributed by atoms with van der Waals surface area (Å²) in [6.45, 7) is 7.63. The molecule has 7 nitrogen and oxygen atoms in total. The highest BCUT2D eigenvalue weighted by atomic mass is 79.9. The smallest absolute Gasteiger partial charge is 0.159 e. The van der Waals surface area contributed by atoms with Gasteiger partial charge in [-0.15, -0.1) is 0 Å². The summed E-state index contributed by atoms with van der Waals surface area (Å²) in [4.78, 5) is 18.3. The van der Waals surface area contributed by atoms with Crippen molar-refractivity contribution >= 4 is 27.6 Å². The lowest BCUT2D eigenvalue weighted by atomic mass is 10.2. The number of aryl methyl sites for hydroxylation is 2. The van der Waals surface area contributed by atoms with E-state index in [9.17, 15) is 0 Å². The summed E-state index contributed by atoms with van der Waals surface area (Å²) in [5, 5.41) is 4.27. The van der Waals surface area contributed by atoms with Crippen LogP contribution in [0.4, 0.5) is 11.6 Å². The van der Waals surface area contributed by atoms with Crippen LogP contribution in [0.1, 0.15) is 11.4 Å². The van der Waals surface area contributed by atoms with E-state index in [1.807, 2.05) is 31.5 Å². The van der Waals surface area contributed by atoms with Crippen LogP contribution in [-0.4, -0.2) is 50.9 Å². The Hall–Kier alpha value is -2.48. The van der Waals surface area contributed by atoms with E-state index < -0.39 is 0 Å². The molecule has 0 atom stereocenters. The van der Waals surface area contributed by atoms with Crippen LogP contribution in [0.5, 0.6) is 0 Å². The van der Waals surface area contributed by atoms with Crippen LogP contribution < -0.4 is 9.80 Å². The number of aromatic nitrogens is 5. The molecule has 0 unspecified atom stereocenters. The largest absolute Gasteiger partial charge is 0.353 e. The van der Waals surface area contributed by atoms with Gasteiger partial charge < -0.3 is 9.80 Å². The number of anilines is 2. The van der Waals surface area contributed by atoms with E-state index in [-0.39, 0.29) is 0 Å². The van der Waals surface area contributed by atoms with Crippen LogP contribution in [0.3, 0.4) is 0 Å². The molecular weight excluding hydrogens is 394 g/mol. The van der Waals surface area contributed by atoms with E-state index in [2.05, 4.69) is 58.8 Å². The number of halogens is 1. The van der Waals surface area contributed by atoms with Gasteiger partial charge in [-0.1, -0.05) is 0 Å². The lowest BCUT2D eigenvalue weighted by molar-refractivity contribution is 0.637. The van der Waals surface area contributed by atoms with Gasteiger partial charge >= 0.3 is 0 Å². The van der Waals surface area contributed by atoms with Crippen molar-refractivity contribution in [3.05, 3.63) is 52.7 Å². The summed E-state index contributed by atoms with van der Waals surface area (Å²) in [5.41, 5.74) is 1.19. The average molecular weight is 414 g/mol. The maximum absolute atomic E-state index is 4.63. The number of hydrogen-bond acceptors (Lipinski definition) is 6. The summed E-state index contributed by atoms with van der Waals surface area (Å²) in [5.74, 6) is 3.55. The van der Waals surface area contributed by atoms with E-state index in [0.717, 1.165) is 53.9 Å². The van der Waals surface area contributed by atoms with Crippen LogP contribution >= 0.6 is 15.9 Å². The SMILES string of the molecule is Cc1nc(N2CCN(c3ncc(Br)cc3C)CC2)cc(-n2cccn2)n1. The molecule has 134 valence electrons. The zero-order valence-electron chi connectivity index (χ0n) is 14.8. The molecule has 0 radical (unpaired) electrons. The molecule has 0 spiro atoms. The van der Waals surface area contributed by atoms with Crippen molar-refractivity contribution in [1.29, 1.82) is 0 Å². The molecule has 26 heavy (non-hydrogen) atoms. The molecule has 0 aromatic carbocycles. The minimum absolute atomic E-state index is 0.751. The second-order valence-corrected chi connectivity index (χ2v) is 7.27. The molecule has 4 rings (SSSR count). The van der Waals surface area contributed by atoms with E-state index in [4.69, 9.17) is 0 Å². The lowest BCUT2D eigenvalue weighted by Gasteiger charge is -2.36. The Bertz CT molecular complexity index is 902. The van der Waals surface area contributed by atoms with Gasteiger partial charge in [0.2, 0.25) is 0 Å². The van der Waals surface area contributed by atoms with Crippen molar-refractivity contribution in [3.63, 3.8) is 0 Å². The first kappa shape index (κ1) is 17.0. The molecule has 4 heterocycles. The van der Waals surface area contributed by atoms with Crippen LogP contribution in [0, 0.1) is 13.8 Å². The predicted octanol–water partition coefficient (Wildman–Crippen LogP) is 2.76. The fourth-order valence-electron chi connectivity index (χ4n) is 3.23. The molecule has 8 heteroatoms. The minimum Gasteiger partial charge on any atom is -0.353 e. The Morgan fingerprint density at radius 3 is 2.38 bits per heavy atom. The minimum atomic E-state index is 0.751. The van der Waals surface area contributed by atoms with Crippen LogP contribution in [-0.2, 0) is 0 Å². The fraction of sp³-hybridized carbons (Fsp3) is 0.333. The molecule has 0 bridgehead atoms. The second-order valence-electron chi connectivity index (χ2n) is 6.35. The highest BCUT2D eigenvalue weighted by molar-refractivity contribution is 9.10. The number of nitrogens with zero attached hydrogens (tertiary/aromatic N) is 7. The van der Waals surface area contributed by atoms with Gasteiger partial charge in [0.05, 0.1) is 0 Å². The third-order valence-corrected chi connectivity index (χ3v) is 4.90. The Morgan fingerprint density at radius 1 is 0.962 bits per heavy atom. The van der Waals surface area contributed by atoms with Gasteiger partial charge in [-0.3, -0.25) is 0 Å². The number of piperazine rings is 1. The van der Waals surface area contributed by atoms with Gasteiger partial charge in [0.15, 0.2) is 5.82 Å². The van der Waals surface area contributed by atoms with E-state index in [1.165, 1.54) is 5.56 Å². The molecule has 3 aromatic heterocycles. The molecular formula is C18H20BrN7. The van der Waals surface area contributed by atoms with Crippen LogP contribution in [0.25, 0.3) is 5.82 Å². The van der Waals surface area contributed by atoms with E-state index in [0.29, 0.717) is 0 Å². The van der Waals surface area contributed by atoms with Crippen LogP contribution in [0.2, 0.25) is 0 Å². The monoisotopic (exact) mass is 413 g/mol. The van der Waals surface area contributed by atoms with Crippen molar-refractivity contribution in [2.45, 2.75) is 13.8 Å². The molecule has 0 aliphatic carbocycles. The topological polar surface area (TPSA) is 63.0 Å². The normalized spacial score (nSPS) is 14.7.